The summed E-state index contributed by atoms with van der Waals surface area (Å²) in [4.78, 5) is 29.6. The summed E-state index contributed by atoms with van der Waals surface area (Å²) in [6.45, 7) is 5.33. The van der Waals surface area contributed by atoms with Gasteiger partial charge in [-0.3, -0.25) is 4.79 Å². The highest BCUT2D eigenvalue weighted by atomic mass is 16.3. The van der Waals surface area contributed by atoms with E-state index in [1.165, 1.54) is 0 Å². The molecule has 0 radical (unpaired) electrons. The smallest absolute Gasteiger partial charge is 0.322 e. The Morgan fingerprint density at radius 2 is 1.62 bits per heavy atom. The van der Waals surface area contributed by atoms with Gasteiger partial charge in [-0.25, -0.2) is 4.79 Å². The fraction of sp³-hybridized carbons (Fsp3) is 0.308. The normalized spacial score (nSPS) is 10.6. The molecule has 3 aromatic rings. The Morgan fingerprint density at radius 1 is 0.875 bits per heavy atom. The van der Waals surface area contributed by atoms with Crippen LogP contribution in [0.25, 0.3) is 0 Å². The van der Waals surface area contributed by atoms with Crippen molar-refractivity contribution in [3.8, 4) is 0 Å². The number of amides is 3. The Balaban J connectivity index is 1.73. The molecule has 1 aromatic heterocycles. The van der Waals surface area contributed by atoms with Crippen LogP contribution in [0.1, 0.15) is 37.2 Å². The molecule has 1 N–H and O–H groups in total. The Labute approximate surface area is 189 Å². The highest BCUT2D eigenvalue weighted by molar-refractivity contribution is 5.93. The molecule has 0 bridgehead atoms. The van der Waals surface area contributed by atoms with E-state index < -0.39 is 0 Å². The number of rotatable bonds is 10. The second-order valence-corrected chi connectivity index (χ2v) is 7.68. The maximum atomic E-state index is 13.3. The van der Waals surface area contributed by atoms with Crippen LogP contribution in [-0.2, 0) is 24.3 Å². The SMILES string of the molecule is CCCN(CC(=O)N(Cc1ccccc1)Cc1ccco1)C(=O)Nc1ccccc1CC. The summed E-state index contributed by atoms with van der Waals surface area (Å²) in [5, 5.41) is 2.98. The zero-order chi connectivity index (χ0) is 22.8. The zero-order valence-corrected chi connectivity index (χ0v) is 18.8. The van der Waals surface area contributed by atoms with E-state index in [1.54, 1.807) is 16.1 Å². The lowest BCUT2D eigenvalue weighted by Crippen LogP contribution is -2.44. The third-order valence-electron chi connectivity index (χ3n) is 5.24. The molecular formula is C26H31N3O3. The van der Waals surface area contributed by atoms with Gasteiger partial charge in [0.1, 0.15) is 12.3 Å². The summed E-state index contributed by atoms with van der Waals surface area (Å²) < 4.78 is 5.47. The molecule has 0 aliphatic heterocycles. The average molecular weight is 434 g/mol. The van der Waals surface area contributed by atoms with Crippen LogP contribution in [0.5, 0.6) is 0 Å². The molecule has 0 fully saturated rings. The minimum atomic E-state index is -0.265. The summed E-state index contributed by atoms with van der Waals surface area (Å²) in [5.74, 6) is 0.579. The average Bonchev–Trinajstić information content (AvgIpc) is 3.32. The van der Waals surface area contributed by atoms with Crippen LogP contribution in [-0.4, -0.2) is 34.8 Å². The molecule has 3 amide bonds. The van der Waals surface area contributed by atoms with Crippen LogP contribution in [0.3, 0.4) is 0 Å². The number of carbonyl (C=O) groups excluding carboxylic acids is 2. The molecule has 6 nitrogen and oxygen atoms in total. The zero-order valence-electron chi connectivity index (χ0n) is 18.8. The van der Waals surface area contributed by atoms with Gasteiger partial charge in [-0.2, -0.15) is 0 Å². The van der Waals surface area contributed by atoms with Crippen LogP contribution in [0.2, 0.25) is 0 Å². The molecule has 0 saturated carbocycles. The number of furan rings is 1. The lowest BCUT2D eigenvalue weighted by atomic mass is 10.1. The van der Waals surface area contributed by atoms with Gasteiger partial charge in [0, 0.05) is 18.8 Å². The van der Waals surface area contributed by atoms with Gasteiger partial charge in [0.25, 0.3) is 0 Å². The van der Waals surface area contributed by atoms with Gasteiger partial charge in [0.2, 0.25) is 5.91 Å². The Bertz CT molecular complexity index is 987. The standard InChI is InChI=1S/C26H31N3O3/c1-3-16-28(26(31)27-24-15-9-8-13-22(24)4-2)20-25(30)29(19-23-14-10-17-32-23)18-21-11-6-5-7-12-21/h5-15,17H,3-4,16,18-20H2,1-2H3,(H,27,31). The number of hydrogen-bond acceptors (Lipinski definition) is 3. The van der Waals surface area contributed by atoms with Crippen LogP contribution >= 0.6 is 0 Å². The molecule has 3 rings (SSSR count). The summed E-state index contributed by atoms with van der Waals surface area (Å²) in [5.41, 5.74) is 2.87. The summed E-state index contributed by atoms with van der Waals surface area (Å²) in [6, 6.07) is 21.0. The van der Waals surface area contributed by atoms with E-state index in [9.17, 15) is 9.59 Å². The summed E-state index contributed by atoms with van der Waals surface area (Å²) in [6.07, 6.45) is 3.17. The third kappa shape index (κ3) is 6.48. The van der Waals surface area contributed by atoms with Crippen LogP contribution in [0, 0.1) is 0 Å². The van der Waals surface area contributed by atoms with Gasteiger partial charge in [-0.05, 0) is 42.2 Å². The number of para-hydroxylation sites is 1. The fourth-order valence-electron chi connectivity index (χ4n) is 3.56. The summed E-state index contributed by atoms with van der Waals surface area (Å²) >= 11 is 0. The first-order valence-electron chi connectivity index (χ1n) is 11.1. The van der Waals surface area contributed by atoms with Gasteiger partial charge in [-0.1, -0.05) is 62.4 Å². The largest absolute Gasteiger partial charge is 0.467 e. The van der Waals surface area contributed by atoms with Gasteiger partial charge in [0.15, 0.2) is 0 Å². The molecule has 0 unspecified atom stereocenters. The minimum Gasteiger partial charge on any atom is -0.467 e. The van der Waals surface area contributed by atoms with Gasteiger partial charge in [-0.15, -0.1) is 0 Å². The lowest BCUT2D eigenvalue weighted by Gasteiger charge is -2.27. The second-order valence-electron chi connectivity index (χ2n) is 7.68. The van der Waals surface area contributed by atoms with Crippen molar-refractivity contribution in [2.75, 3.05) is 18.4 Å². The van der Waals surface area contributed by atoms with E-state index in [2.05, 4.69) is 12.2 Å². The number of nitrogens with zero attached hydrogens (tertiary/aromatic N) is 2. The monoisotopic (exact) mass is 433 g/mol. The fourth-order valence-corrected chi connectivity index (χ4v) is 3.56. The minimum absolute atomic E-state index is 0.00150. The molecule has 0 spiro atoms. The molecule has 0 aliphatic carbocycles. The Kier molecular flexibility index (Phi) is 8.49. The number of anilines is 1. The molecule has 168 valence electrons. The van der Waals surface area contributed by atoms with Crippen LogP contribution < -0.4 is 5.32 Å². The number of benzene rings is 2. The number of aryl methyl sites for hydroxylation is 1. The van der Waals surface area contributed by atoms with Gasteiger partial charge >= 0.3 is 6.03 Å². The first-order valence-corrected chi connectivity index (χ1v) is 11.1. The third-order valence-corrected chi connectivity index (χ3v) is 5.24. The predicted octanol–water partition coefficient (Wildman–Crippen LogP) is 5.31. The maximum Gasteiger partial charge on any atom is 0.322 e. The first kappa shape index (κ1) is 23.1. The van der Waals surface area contributed by atoms with E-state index in [4.69, 9.17) is 4.42 Å². The number of nitrogens with one attached hydrogen (secondary N) is 1. The predicted molar refractivity (Wildman–Crippen MR) is 126 cm³/mol. The molecule has 0 saturated heterocycles. The van der Waals surface area contributed by atoms with Gasteiger partial charge < -0.3 is 19.5 Å². The van der Waals surface area contributed by atoms with Crippen LogP contribution in [0.4, 0.5) is 10.5 Å². The number of hydrogen-bond donors (Lipinski definition) is 1. The van der Waals surface area contributed by atoms with Crippen molar-refractivity contribution in [3.05, 3.63) is 89.9 Å². The summed E-state index contributed by atoms with van der Waals surface area (Å²) in [7, 11) is 0. The maximum absolute atomic E-state index is 13.3. The quantitative estimate of drug-likeness (QED) is 0.471. The van der Waals surface area contributed by atoms with Crippen molar-refractivity contribution in [2.45, 2.75) is 39.8 Å². The van der Waals surface area contributed by atoms with Crippen LogP contribution in [0.15, 0.2) is 77.4 Å². The number of urea groups is 1. The highest BCUT2D eigenvalue weighted by Crippen LogP contribution is 2.17. The Hall–Kier alpha value is -3.54. The molecular weight excluding hydrogens is 402 g/mol. The van der Waals surface area contributed by atoms with Crippen molar-refractivity contribution in [1.29, 1.82) is 0 Å². The van der Waals surface area contributed by atoms with E-state index in [0.717, 1.165) is 29.7 Å². The molecule has 0 atom stereocenters. The lowest BCUT2D eigenvalue weighted by molar-refractivity contribution is -0.133. The second kappa shape index (κ2) is 11.7. The molecule has 0 aliphatic rings. The van der Waals surface area contributed by atoms with Crippen molar-refractivity contribution in [3.63, 3.8) is 0 Å². The van der Waals surface area contributed by atoms with E-state index >= 15 is 0 Å². The molecule has 6 heteroatoms. The Morgan fingerprint density at radius 3 is 2.31 bits per heavy atom. The first-order chi connectivity index (χ1) is 15.6. The van der Waals surface area contributed by atoms with E-state index in [-0.39, 0.29) is 18.5 Å². The van der Waals surface area contributed by atoms with E-state index in [0.29, 0.717) is 25.4 Å². The number of carbonyl (C=O) groups is 2. The molecule has 32 heavy (non-hydrogen) atoms. The molecule has 1 heterocycles. The van der Waals surface area contributed by atoms with Crippen molar-refractivity contribution >= 4 is 17.6 Å². The highest BCUT2D eigenvalue weighted by Gasteiger charge is 2.22. The van der Waals surface area contributed by atoms with Crippen molar-refractivity contribution < 1.29 is 14.0 Å². The molecule has 2 aromatic carbocycles. The van der Waals surface area contributed by atoms with Gasteiger partial charge in [0.05, 0.1) is 12.8 Å². The van der Waals surface area contributed by atoms with Crippen molar-refractivity contribution in [1.82, 2.24) is 9.80 Å². The van der Waals surface area contributed by atoms with E-state index in [1.807, 2.05) is 73.7 Å². The topological polar surface area (TPSA) is 65.8 Å². The van der Waals surface area contributed by atoms with Crippen molar-refractivity contribution in [2.24, 2.45) is 0 Å².